The molecular weight excluding hydrogens is 234 g/mol. The molecule has 0 saturated heterocycles. The summed E-state index contributed by atoms with van der Waals surface area (Å²) in [6.07, 6.45) is 0. The van der Waals surface area contributed by atoms with Crippen LogP contribution in [0.3, 0.4) is 0 Å². The fraction of sp³-hybridized carbons (Fsp3) is 0.588. The molecule has 0 aliphatic carbocycles. The van der Waals surface area contributed by atoms with Crippen molar-refractivity contribution in [2.24, 2.45) is 5.41 Å². The number of hydrogen-bond donors (Lipinski definition) is 0. The number of carbonyl (C=O) groups excluding carboxylic acids is 1. The molecule has 1 amide bonds. The lowest BCUT2D eigenvalue weighted by Crippen LogP contribution is -2.31. The fourth-order valence-corrected chi connectivity index (χ4v) is 3.04. The molecule has 0 bridgehead atoms. The van der Waals surface area contributed by atoms with Gasteiger partial charge >= 0.3 is 0 Å². The van der Waals surface area contributed by atoms with Crippen molar-refractivity contribution in [1.82, 2.24) is 0 Å². The maximum atomic E-state index is 12.6. The molecule has 0 radical (unpaired) electrons. The highest BCUT2D eigenvalue weighted by Crippen LogP contribution is 2.49. The van der Waals surface area contributed by atoms with Crippen LogP contribution in [-0.2, 0) is 10.2 Å². The lowest BCUT2D eigenvalue weighted by molar-refractivity contribution is -0.121. The molecule has 0 saturated carbocycles. The molecule has 19 heavy (non-hydrogen) atoms. The van der Waals surface area contributed by atoms with E-state index < -0.39 is 0 Å². The third-order valence-corrected chi connectivity index (χ3v) is 3.98. The Labute approximate surface area is 116 Å². The lowest BCUT2D eigenvalue weighted by atomic mass is 9.72. The van der Waals surface area contributed by atoms with Crippen molar-refractivity contribution >= 4 is 11.6 Å². The van der Waals surface area contributed by atoms with Crippen LogP contribution in [0.25, 0.3) is 0 Å². The minimum absolute atomic E-state index is 0.0390. The van der Waals surface area contributed by atoms with Gasteiger partial charge < -0.3 is 4.90 Å². The molecule has 1 aliphatic heterocycles. The lowest BCUT2D eigenvalue weighted by Gasteiger charge is -2.30. The summed E-state index contributed by atoms with van der Waals surface area (Å²) < 4.78 is 0. The molecule has 1 aromatic rings. The number of nitrogens with zero attached hydrogens (tertiary/aromatic N) is 1. The molecule has 0 fully saturated rings. The minimum atomic E-state index is -0.0576. The van der Waals surface area contributed by atoms with Gasteiger partial charge in [0.25, 0.3) is 0 Å². The first-order valence-electron chi connectivity index (χ1n) is 6.96. The van der Waals surface area contributed by atoms with E-state index >= 15 is 0 Å². The topological polar surface area (TPSA) is 20.3 Å². The number of fused-ring (bicyclic) bond motifs is 1. The summed E-state index contributed by atoms with van der Waals surface area (Å²) >= 11 is 0. The van der Waals surface area contributed by atoms with Crippen LogP contribution in [0, 0.1) is 5.41 Å². The molecule has 0 spiro atoms. The number of likely N-dealkylation sites (N-methyl/N-ethyl adjacent to an activating group) is 1. The SMILES string of the molecule is CN1C(=O)C(C(C)(C)C)c2c1cccc2C(C)(C)C. The zero-order valence-corrected chi connectivity index (χ0v) is 13.2. The van der Waals surface area contributed by atoms with Gasteiger partial charge in [-0.05, 0) is 28.0 Å². The average Bonchev–Trinajstić information content (AvgIpc) is 2.49. The van der Waals surface area contributed by atoms with Crippen LogP contribution in [0.2, 0.25) is 0 Å². The van der Waals surface area contributed by atoms with Crippen LogP contribution in [-0.4, -0.2) is 13.0 Å². The standard InChI is InChI=1S/C17H25NO/c1-16(2,3)11-9-8-10-12-13(11)14(17(4,5)6)15(19)18(12)7/h8-10,14H,1-7H3. The van der Waals surface area contributed by atoms with Gasteiger partial charge in [-0.25, -0.2) is 0 Å². The van der Waals surface area contributed by atoms with Crippen molar-refractivity contribution in [3.05, 3.63) is 29.3 Å². The van der Waals surface area contributed by atoms with Gasteiger partial charge in [-0.2, -0.15) is 0 Å². The summed E-state index contributed by atoms with van der Waals surface area (Å²) in [5.41, 5.74) is 3.60. The number of rotatable bonds is 0. The Morgan fingerprint density at radius 2 is 1.63 bits per heavy atom. The second-order valence-corrected chi connectivity index (χ2v) is 7.68. The number of amides is 1. The number of benzene rings is 1. The minimum Gasteiger partial charge on any atom is -0.315 e. The van der Waals surface area contributed by atoms with Crippen molar-refractivity contribution in [1.29, 1.82) is 0 Å². The molecule has 1 unspecified atom stereocenters. The molecule has 0 aromatic heterocycles. The van der Waals surface area contributed by atoms with Crippen LogP contribution >= 0.6 is 0 Å². The largest absolute Gasteiger partial charge is 0.315 e. The smallest absolute Gasteiger partial charge is 0.234 e. The summed E-state index contributed by atoms with van der Waals surface area (Å²) in [6.45, 7) is 13.1. The Bertz CT molecular complexity index is 517. The molecule has 1 atom stereocenters. The van der Waals surface area contributed by atoms with Crippen molar-refractivity contribution in [2.45, 2.75) is 52.9 Å². The van der Waals surface area contributed by atoms with E-state index in [2.05, 4.69) is 59.7 Å². The van der Waals surface area contributed by atoms with Gasteiger partial charge in [-0.1, -0.05) is 53.7 Å². The maximum Gasteiger partial charge on any atom is 0.234 e. The molecule has 1 heterocycles. The molecule has 1 aromatic carbocycles. The van der Waals surface area contributed by atoms with Gasteiger partial charge in [0.1, 0.15) is 0 Å². The summed E-state index contributed by atoms with van der Waals surface area (Å²) in [4.78, 5) is 14.4. The van der Waals surface area contributed by atoms with Gasteiger partial charge in [0.15, 0.2) is 0 Å². The summed E-state index contributed by atoms with van der Waals surface area (Å²) in [5.74, 6) is 0.183. The Balaban J connectivity index is 2.73. The Hall–Kier alpha value is -1.31. The van der Waals surface area contributed by atoms with E-state index in [1.807, 2.05) is 11.9 Å². The average molecular weight is 259 g/mol. The monoisotopic (exact) mass is 259 g/mol. The van der Waals surface area contributed by atoms with E-state index in [4.69, 9.17) is 0 Å². The third-order valence-electron chi connectivity index (χ3n) is 3.98. The molecule has 0 N–H and O–H groups in total. The van der Waals surface area contributed by atoms with E-state index in [0.29, 0.717) is 0 Å². The number of carbonyl (C=O) groups is 1. The van der Waals surface area contributed by atoms with Crippen LogP contribution in [0.4, 0.5) is 5.69 Å². The summed E-state index contributed by atoms with van der Waals surface area (Å²) in [5, 5.41) is 0. The predicted molar refractivity (Wildman–Crippen MR) is 80.7 cm³/mol. The number of anilines is 1. The van der Waals surface area contributed by atoms with Gasteiger partial charge in [0, 0.05) is 12.7 Å². The highest BCUT2D eigenvalue weighted by Gasteiger charge is 2.44. The van der Waals surface area contributed by atoms with Gasteiger partial charge in [0.05, 0.1) is 5.92 Å². The van der Waals surface area contributed by atoms with E-state index in [-0.39, 0.29) is 22.7 Å². The first-order valence-corrected chi connectivity index (χ1v) is 6.96. The molecule has 2 nitrogen and oxygen atoms in total. The normalized spacial score (nSPS) is 19.8. The van der Waals surface area contributed by atoms with E-state index in [0.717, 1.165) is 5.69 Å². The zero-order chi connectivity index (χ0) is 14.6. The highest BCUT2D eigenvalue weighted by atomic mass is 16.2. The van der Waals surface area contributed by atoms with Crippen molar-refractivity contribution in [2.75, 3.05) is 11.9 Å². The fourth-order valence-electron chi connectivity index (χ4n) is 3.04. The Morgan fingerprint density at radius 1 is 1.05 bits per heavy atom. The van der Waals surface area contributed by atoms with Crippen molar-refractivity contribution < 1.29 is 4.79 Å². The van der Waals surface area contributed by atoms with Crippen molar-refractivity contribution in [3.8, 4) is 0 Å². The molecule has 1 aliphatic rings. The predicted octanol–water partition coefficient (Wildman–Crippen LogP) is 4.09. The molecule has 2 rings (SSSR count). The molecule has 104 valence electrons. The van der Waals surface area contributed by atoms with Gasteiger partial charge in [-0.3, -0.25) is 4.79 Å². The van der Waals surface area contributed by atoms with Crippen molar-refractivity contribution in [3.63, 3.8) is 0 Å². The first kappa shape index (κ1) is 14.1. The third kappa shape index (κ3) is 2.18. The van der Waals surface area contributed by atoms with E-state index in [1.54, 1.807) is 0 Å². The first-order chi connectivity index (χ1) is 8.55. The van der Waals surface area contributed by atoms with Gasteiger partial charge in [0.2, 0.25) is 5.91 Å². The quantitative estimate of drug-likeness (QED) is 0.687. The van der Waals surface area contributed by atoms with E-state index in [9.17, 15) is 4.79 Å². The van der Waals surface area contributed by atoms with Crippen LogP contribution in [0.1, 0.15) is 58.6 Å². The second-order valence-electron chi connectivity index (χ2n) is 7.68. The molecular formula is C17H25NO. The summed E-state index contributed by atoms with van der Waals surface area (Å²) in [7, 11) is 1.89. The highest BCUT2D eigenvalue weighted by molar-refractivity contribution is 6.05. The Kier molecular flexibility index (Phi) is 3.04. The Morgan fingerprint density at radius 3 is 2.11 bits per heavy atom. The number of hydrogen-bond acceptors (Lipinski definition) is 1. The summed E-state index contributed by atoms with van der Waals surface area (Å²) in [6, 6.07) is 6.30. The van der Waals surface area contributed by atoms with Crippen LogP contribution in [0.5, 0.6) is 0 Å². The zero-order valence-electron chi connectivity index (χ0n) is 13.2. The maximum absolute atomic E-state index is 12.6. The van der Waals surface area contributed by atoms with Crippen LogP contribution < -0.4 is 4.90 Å². The van der Waals surface area contributed by atoms with Gasteiger partial charge in [-0.15, -0.1) is 0 Å². The molecule has 2 heteroatoms. The van der Waals surface area contributed by atoms with E-state index in [1.165, 1.54) is 11.1 Å². The second kappa shape index (κ2) is 4.09. The van der Waals surface area contributed by atoms with Crippen LogP contribution in [0.15, 0.2) is 18.2 Å².